The second-order valence-corrected chi connectivity index (χ2v) is 6.68. The summed E-state index contributed by atoms with van der Waals surface area (Å²) in [6, 6.07) is 8.19. The van der Waals surface area contributed by atoms with Crippen LogP contribution in [-0.2, 0) is 0 Å². The van der Waals surface area contributed by atoms with Gasteiger partial charge in [-0.1, -0.05) is 28.9 Å². The van der Waals surface area contributed by atoms with Gasteiger partial charge in [-0.2, -0.15) is 0 Å². The monoisotopic (exact) mass is 340 g/mol. The Balaban J connectivity index is 2.05. The fourth-order valence-electron chi connectivity index (χ4n) is 2.98. The Morgan fingerprint density at radius 3 is 2.90 bits per heavy atom. The molecule has 1 aromatic carbocycles. The summed E-state index contributed by atoms with van der Waals surface area (Å²) in [5.74, 6) is 0. The van der Waals surface area contributed by atoms with E-state index in [4.69, 9.17) is 0 Å². The van der Waals surface area contributed by atoms with Crippen molar-refractivity contribution in [2.45, 2.75) is 38.1 Å². The van der Waals surface area contributed by atoms with Gasteiger partial charge in [0.15, 0.2) is 0 Å². The molecule has 4 heteroatoms. The van der Waals surface area contributed by atoms with E-state index in [-0.39, 0.29) is 12.1 Å². The van der Waals surface area contributed by atoms with Crippen LogP contribution in [0.4, 0.5) is 5.69 Å². The highest BCUT2D eigenvalue weighted by Gasteiger charge is 2.31. The predicted octanol–water partition coefficient (Wildman–Crippen LogP) is 3.49. The average Bonchev–Trinajstić information content (AvgIpc) is 2.63. The molecule has 0 aliphatic carbocycles. The maximum Gasteiger partial charge on any atom is 0.0662 e. The van der Waals surface area contributed by atoms with Crippen molar-refractivity contribution in [2.75, 3.05) is 31.6 Å². The molecule has 1 atom stereocenters. The van der Waals surface area contributed by atoms with Gasteiger partial charge in [-0.25, -0.2) is 0 Å². The summed E-state index contributed by atoms with van der Waals surface area (Å²) < 4.78 is 1.07. The van der Waals surface area contributed by atoms with Gasteiger partial charge in [0, 0.05) is 16.7 Å². The van der Waals surface area contributed by atoms with Crippen molar-refractivity contribution in [3.63, 3.8) is 0 Å². The van der Waals surface area contributed by atoms with E-state index in [1.54, 1.807) is 0 Å². The van der Waals surface area contributed by atoms with Gasteiger partial charge in [0.05, 0.1) is 12.1 Å². The topological polar surface area (TPSA) is 35.5 Å². The van der Waals surface area contributed by atoms with Crippen LogP contribution in [0.25, 0.3) is 0 Å². The first-order valence-electron chi connectivity index (χ1n) is 7.54. The predicted molar refractivity (Wildman–Crippen MR) is 88.2 cm³/mol. The van der Waals surface area contributed by atoms with Crippen molar-refractivity contribution < 1.29 is 5.11 Å². The van der Waals surface area contributed by atoms with Gasteiger partial charge >= 0.3 is 0 Å². The van der Waals surface area contributed by atoms with E-state index in [0.29, 0.717) is 0 Å². The molecule has 0 radical (unpaired) electrons. The highest BCUT2D eigenvalue weighted by Crippen LogP contribution is 2.28. The molecule has 0 saturated carbocycles. The Morgan fingerprint density at radius 1 is 1.35 bits per heavy atom. The lowest BCUT2D eigenvalue weighted by atomic mass is 9.91. The minimum absolute atomic E-state index is 0.177. The number of rotatable bonds is 5. The van der Waals surface area contributed by atoms with Crippen molar-refractivity contribution in [2.24, 2.45) is 0 Å². The molecule has 112 valence electrons. The van der Waals surface area contributed by atoms with Gasteiger partial charge in [0.25, 0.3) is 0 Å². The summed E-state index contributed by atoms with van der Waals surface area (Å²) in [5.41, 5.74) is 0.904. The number of likely N-dealkylation sites (tertiary alicyclic amines) is 1. The van der Waals surface area contributed by atoms with E-state index < -0.39 is 0 Å². The van der Waals surface area contributed by atoms with E-state index in [9.17, 15) is 5.11 Å². The van der Waals surface area contributed by atoms with Crippen molar-refractivity contribution in [1.82, 2.24) is 4.90 Å². The Bertz CT molecular complexity index is 427. The Labute approximate surface area is 130 Å². The fraction of sp³-hybridized carbons (Fsp3) is 0.625. The molecule has 1 aliphatic rings. The first-order chi connectivity index (χ1) is 9.67. The standard InChI is InChI=1S/C16H25BrN2O/c1-2-9-19-10-4-7-16(13-20,8-11-19)18-15-6-3-5-14(17)12-15/h3,5-6,12,18,20H,2,4,7-11,13H2,1H3. The quantitative estimate of drug-likeness (QED) is 0.861. The van der Waals surface area contributed by atoms with Crippen molar-refractivity contribution in [3.8, 4) is 0 Å². The van der Waals surface area contributed by atoms with Crippen LogP contribution in [0.5, 0.6) is 0 Å². The van der Waals surface area contributed by atoms with Crippen LogP contribution in [0.3, 0.4) is 0 Å². The van der Waals surface area contributed by atoms with Crippen LogP contribution in [-0.4, -0.2) is 41.8 Å². The molecule has 0 bridgehead atoms. The maximum absolute atomic E-state index is 9.92. The summed E-state index contributed by atoms with van der Waals surface area (Å²) >= 11 is 3.50. The van der Waals surface area contributed by atoms with Gasteiger partial charge < -0.3 is 15.3 Å². The first-order valence-corrected chi connectivity index (χ1v) is 8.34. The van der Waals surface area contributed by atoms with Crippen LogP contribution < -0.4 is 5.32 Å². The third kappa shape index (κ3) is 4.21. The average molecular weight is 341 g/mol. The van der Waals surface area contributed by atoms with Crippen LogP contribution in [0.15, 0.2) is 28.7 Å². The molecule has 20 heavy (non-hydrogen) atoms. The van der Waals surface area contributed by atoms with Gasteiger partial charge in [0.2, 0.25) is 0 Å². The highest BCUT2D eigenvalue weighted by molar-refractivity contribution is 9.10. The molecular formula is C16H25BrN2O. The molecule has 1 unspecified atom stereocenters. The van der Waals surface area contributed by atoms with Gasteiger partial charge in [-0.3, -0.25) is 0 Å². The number of nitrogens with one attached hydrogen (secondary N) is 1. The lowest BCUT2D eigenvalue weighted by molar-refractivity contribution is 0.192. The molecule has 1 fully saturated rings. The number of aliphatic hydroxyl groups excluding tert-OH is 1. The Kier molecular flexibility index (Phi) is 5.87. The summed E-state index contributed by atoms with van der Waals surface area (Å²) in [5, 5.41) is 13.5. The fourth-order valence-corrected chi connectivity index (χ4v) is 3.38. The van der Waals surface area contributed by atoms with Crippen LogP contribution in [0.2, 0.25) is 0 Å². The van der Waals surface area contributed by atoms with E-state index in [1.165, 1.54) is 13.0 Å². The molecule has 1 heterocycles. The molecule has 0 aromatic heterocycles. The second kappa shape index (κ2) is 7.43. The maximum atomic E-state index is 9.92. The number of aliphatic hydroxyl groups is 1. The number of nitrogens with zero attached hydrogens (tertiary/aromatic N) is 1. The highest BCUT2D eigenvalue weighted by atomic mass is 79.9. The second-order valence-electron chi connectivity index (χ2n) is 5.77. The lowest BCUT2D eigenvalue weighted by Gasteiger charge is -2.33. The van der Waals surface area contributed by atoms with Crippen molar-refractivity contribution in [3.05, 3.63) is 28.7 Å². The third-order valence-corrected chi connectivity index (χ3v) is 4.61. The minimum atomic E-state index is -0.177. The van der Waals surface area contributed by atoms with Gasteiger partial charge in [0.1, 0.15) is 0 Å². The molecule has 0 amide bonds. The van der Waals surface area contributed by atoms with Gasteiger partial charge in [-0.15, -0.1) is 0 Å². The molecule has 0 spiro atoms. The van der Waals surface area contributed by atoms with Crippen LogP contribution in [0, 0.1) is 0 Å². The van der Waals surface area contributed by atoms with Crippen LogP contribution >= 0.6 is 15.9 Å². The lowest BCUT2D eigenvalue weighted by Crippen LogP contribution is -2.43. The number of benzene rings is 1. The van der Waals surface area contributed by atoms with Crippen molar-refractivity contribution >= 4 is 21.6 Å². The smallest absolute Gasteiger partial charge is 0.0662 e. The Morgan fingerprint density at radius 2 is 2.20 bits per heavy atom. The largest absolute Gasteiger partial charge is 0.394 e. The zero-order valence-corrected chi connectivity index (χ0v) is 13.8. The number of halogens is 1. The van der Waals surface area contributed by atoms with Crippen molar-refractivity contribution in [1.29, 1.82) is 0 Å². The normalized spacial score (nSPS) is 24.4. The summed E-state index contributed by atoms with van der Waals surface area (Å²) in [7, 11) is 0. The zero-order chi connectivity index (χ0) is 14.4. The van der Waals surface area contributed by atoms with Crippen LogP contribution in [0.1, 0.15) is 32.6 Å². The van der Waals surface area contributed by atoms with E-state index >= 15 is 0 Å². The SMILES string of the molecule is CCCN1CCCC(CO)(Nc2cccc(Br)c2)CC1. The molecular weight excluding hydrogens is 316 g/mol. The molecule has 1 aromatic rings. The van der Waals surface area contributed by atoms with E-state index in [0.717, 1.165) is 42.5 Å². The molecule has 2 N–H and O–H groups in total. The molecule has 3 nitrogen and oxygen atoms in total. The Hall–Kier alpha value is -0.580. The van der Waals surface area contributed by atoms with E-state index in [1.807, 2.05) is 12.1 Å². The number of hydrogen-bond acceptors (Lipinski definition) is 3. The summed E-state index contributed by atoms with van der Waals surface area (Å²) in [4.78, 5) is 2.51. The summed E-state index contributed by atoms with van der Waals surface area (Å²) in [6.07, 6.45) is 4.36. The minimum Gasteiger partial charge on any atom is -0.394 e. The molecule has 1 saturated heterocycles. The van der Waals surface area contributed by atoms with E-state index in [2.05, 4.69) is 45.2 Å². The number of hydrogen-bond donors (Lipinski definition) is 2. The molecule has 2 rings (SSSR count). The zero-order valence-electron chi connectivity index (χ0n) is 12.2. The first kappa shape index (κ1) is 15.8. The van der Waals surface area contributed by atoms with Gasteiger partial charge in [-0.05, 0) is 57.0 Å². The number of anilines is 1. The molecule has 1 aliphatic heterocycles. The summed E-state index contributed by atoms with van der Waals surface area (Å²) in [6.45, 7) is 5.80. The third-order valence-electron chi connectivity index (χ3n) is 4.11.